The summed E-state index contributed by atoms with van der Waals surface area (Å²) in [6.45, 7) is 5.19. The molecule has 0 bridgehead atoms. The van der Waals surface area contributed by atoms with Gasteiger partial charge in [-0.3, -0.25) is 4.90 Å². The molecule has 3 heterocycles. The summed E-state index contributed by atoms with van der Waals surface area (Å²) in [6.07, 6.45) is 4.63. The summed E-state index contributed by atoms with van der Waals surface area (Å²) >= 11 is 0. The summed E-state index contributed by atoms with van der Waals surface area (Å²) in [6, 6.07) is 11.7. The minimum Gasteiger partial charge on any atom is -0.478 e. The third-order valence-corrected chi connectivity index (χ3v) is 4.71. The van der Waals surface area contributed by atoms with Gasteiger partial charge >= 0.3 is 0 Å². The van der Waals surface area contributed by atoms with Crippen molar-refractivity contribution in [3.05, 3.63) is 65.6 Å². The highest BCUT2D eigenvalue weighted by Gasteiger charge is 2.20. The molecule has 1 aliphatic rings. The van der Waals surface area contributed by atoms with Crippen molar-refractivity contribution < 1.29 is 4.74 Å². The average molecular weight is 361 g/mol. The lowest BCUT2D eigenvalue weighted by Gasteiger charge is -2.28. The molecule has 3 aromatic rings. The van der Waals surface area contributed by atoms with E-state index in [9.17, 15) is 0 Å². The summed E-state index contributed by atoms with van der Waals surface area (Å²) in [5, 5.41) is 0. The van der Waals surface area contributed by atoms with Crippen molar-refractivity contribution in [3.8, 4) is 17.3 Å². The SMILES string of the molecule is CCOc1ncccc1CN1CCc2nc(-c3ccc(N)cc3)ncc2C1. The van der Waals surface area contributed by atoms with Gasteiger partial charge < -0.3 is 10.5 Å². The van der Waals surface area contributed by atoms with Gasteiger partial charge in [-0.1, -0.05) is 6.07 Å². The Bertz CT molecular complexity index is 926. The second-order valence-electron chi connectivity index (χ2n) is 6.65. The van der Waals surface area contributed by atoms with Crippen LogP contribution < -0.4 is 10.5 Å². The van der Waals surface area contributed by atoms with Crippen molar-refractivity contribution in [2.24, 2.45) is 0 Å². The number of nitrogen functional groups attached to an aromatic ring is 1. The summed E-state index contributed by atoms with van der Waals surface area (Å²) in [7, 11) is 0. The molecule has 138 valence electrons. The lowest BCUT2D eigenvalue weighted by molar-refractivity contribution is 0.235. The van der Waals surface area contributed by atoms with E-state index in [1.165, 1.54) is 5.56 Å². The van der Waals surface area contributed by atoms with Gasteiger partial charge in [0.2, 0.25) is 5.88 Å². The van der Waals surface area contributed by atoms with Gasteiger partial charge in [-0.2, -0.15) is 0 Å². The van der Waals surface area contributed by atoms with Crippen LogP contribution in [-0.4, -0.2) is 33.0 Å². The maximum absolute atomic E-state index is 5.76. The van der Waals surface area contributed by atoms with Crippen LogP contribution in [0.1, 0.15) is 23.7 Å². The average Bonchev–Trinajstić information content (AvgIpc) is 2.70. The minimum atomic E-state index is 0.620. The van der Waals surface area contributed by atoms with Crippen molar-refractivity contribution in [1.82, 2.24) is 19.9 Å². The number of anilines is 1. The molecule has 6 heteroatoms. The van der Waals surface area contributed by atoms with Crippen LogP contribution in [0.3, 0.4) is 0 Å². The van der Waals surface area contributed by atoms with Crippen LogP contribution in [0.4, 0.5) is 5.69 Å². The Hall–Kier alpha value is -2.99. The molecule has 0 saturated carbocycles. The molecule has 1 aliphatic heterocycles. The number of nitrogens with zero attached hydrogens (tertiary/aromatic N) is 4. The number of fused-ring (bicyclic) bond motifs is 1. The molecule has 0 aliphatic carbocycles. The van der Waals surface area contributed by atoms with E-state index >= 15 is 0 Å². The van der Waals surface area contributed by atoms with E-state index < -0.39 is 0 Å². The van der Waals surface area contributed by atoms with E-state index in [0.717, 1.165) is 60.3 Å². The first-order valence-electron chi connectivity index (χ1n) is 9.22. The molecule has 4 rings (SSSR count). The van der Waals surface area contributed by atoms with Gasteiger partial charge in [0.15, 0.2) is 5.82 Å². The second kappa shape index (κ2) is 7.72. The van der Waals surface area contributed by atoms with E-state index in [-0.39, 0.29) is 0 Å². The van der Waals surface area contributed by atoms with E-state index in [0.29, 0.717) is 6.61 Å². The highest BCUT2D eigenvalue weighted by atomic mass is 16.5. The number of hydrogen-bond donors (Lipinski definition) is 1. The Kier molecular flexibility index (Phi) is 4.98. The van der Waals surface area contributed by atoms with E-state index in [2.05, 4.69) is 20.9 Å². The number of pyridine rings is 1. The minimum absolute atomic E-state index is 0.620. The molecule has 6 nitrogen and oxygen atoms in total. The number of benzene rings is 1. The van der Waals surface area contributed by atoms with E-state index in [1.807, 2.05) is 43.5 Å². The van der Waals surface area contributed by atoms with Crippen LogP contribution in [0.2, 0.25) is 0 Å². The lowest BCUT2D eigenvalue weighted by Crippen LogP contribution is -2.31. The fourth-order valence-electron chi connectivity index (χ4n) is 3.33. The fraction of sp³-hybridized carbons (Fsp3) is 0.286. The number of aromatic nitrogens is 3. The predicted molar refractivity (Wildman–Crippen MR) is 105 cm³/mol. The van der Waals surface area contributed by atoms with Gasteiger partial charge in [0.05, 0.1) is 12.3 Å². The molecule has 0 atom stereocenters. The lowest BCUT2D eigenvalue weighted by atomic mass is 10.1. The predicted octanol–water partition coefficient (Wildman–Crippen LogP) is 3.08. The van der Waals surface area contributed by atoms with E-state index in [1.54, 1.807) is 6.20 Å². The van der Waals surface area contributed by atoms with Crippen molar-refractivity contribution in [2.45, 2.75) is 26.4 Å². The largest absolute Gasteiger partial charge is 0.478 e. The van der Waals surface area contributed by atoms with Gasteiger partial charge in [-0.15, -0.1) is 0 Å². The Balaban J connectivity index is 1.50. The van der Waals surface area contributed by atoms with Crippen LogP contribution in [0, 0.1) is 0 Å². The Morgan fingerprint density at radius 2 is 2.00 bits per heavy atom. The smallest absolute Gasteiger partial charge is 0.217 e. The molecule has 0 unspecified atom stereocenters. The first-order chi connectivity index (χ1) is 13.2. The monoisotopic (exact) mass is 361 g/mol. The molecular weight excluding hydrogens is 338 g/mol. The van der Waals surface area contributed by atoms with Crippen molar-refractivity contribution >= 4 is 5.69 Å². The maximum Gasteiger partial charge on any atom is 0.217 e. The third kappa shape index (κ3) is 3.90. The molecule has 2 N–H and O–H groups in total. The first-order valence-corrected chi connectivity index (χ1v) is 9.22. The Morgan fingerprint density at radius 3 is 2.81 bits per heavy atom. The molecule has 0 saturated heterocycles. The molecular formula is C21H23N5O. The normalized spacial score (nSPS) is 14.0. The summed E-state index contributed by atoms with van der Waals surface area (Å²) in [4.78, 5) is 16.1. The second-order valence-corrected chi connectivity index (χ2v) is 6.65. The third-order valence-electron chi connectivity index (χ3n) is 4.71. The Labute approximate surface area is 159 Å². The van der Waals surface area contributed by atoms with Crippen molar-refractivity contribution in [3.63, 3.8) is 0 Å². The van der Waals surface area contributed by atoms with Gasteiger partial charge in [-0.05, 0) is 37.3 Å². The molecule has 27 heavy (non-hydrogen) atoms. The standard InChI is InChI=1S/C21H23N5O/c1-2-27-21-16(4-3-10-23-21)13-26-11-9-19-17(14-26)12-24-20(25-19)15-5-7-18(22)8-6-15/h3-8,10,12H,2,9,11,13-14,22H2,1H3. The summed E-state index contributed by atoms with van der Waals surface area (Å²) in [5.41, 5.74) is 10.9. The number of nitrogens with two attached hydrogens (primary N) is 1. The molecule has 0 fully saturated rings. The van der Waals surface area contributed by atoms with E-state index in [4.69, 9.17) is 15.5 Å². The maximum atomic E-state index is 5.76. The van der Waals surface area contributed by atoms with Gasteiger partial charge in [0, 0.05) is 60.8 Å². The summed E-state index contributed by atoms with van der Waals surface area (Å²) in [5.74, 6) is 1.48. The topological polar surface area (TPSA) is 77.2 Å². The zero-order chi connectivity index (χ0) is 18.6. The highest BCUT2D eigenvalue weighted by molar-refractivity contribution is 5.58. The molecule has 0 radical (unpaired) electrons. The zero-order valence-electron chi connectivity index (χ0n) is 15.4. The number of hydrogen-bond acceptors (Lipinski definition) is 6. The zero-order valence-corrected chi connectivity index (χ0v) is 15.4. The molecule has 0 spiro atoms. The first kappa shape index (κ1) is 17.4. The van der Waals surface area contributed by atoms with Crippen LogP contribution in [0.15, 0.2) is 48.8 Å². The molecule has 0 amide bonds. The molecule has 1 aromatic carbocycles. The molecule has 2 aromatic heterocycles. The van der Waals surface area contributed by atoms with Gasteiger partial charge in [0.25, 0.3) is 0 Å². The van der Waals surface area contributed by atoms with Crippen LogP contribution in [0.25, 0.3) is 11.4 Å². The van der Waals surface area contributed by atoms with Gasteiger partial charge in [0.1, 0.15) is 0 Å². The van der Waals surface area contributed by atoms with Crippen LogP contribution in [-0.2, 0) is 19.5 Å². The quantitative estimate of drug-likeness (QED) is 0.704. The number of ether oxygens (including phenoxy) is 1. The van der Waals surface area contributed by atoms with Crippen LogP contribution >= 0.6 is 0 Å². The van der Waals surface area contributed by atoms with Crippen molar-refractivity contribution in [1.29, 1.82) is 0 Å². The summed E-state index contributed by atoms with van der Waals surface area (Å²) < 4.78 is 5.65. The Morgan fingerprint density at radius 1 is 1.15 bits per heavy atom. The highest BCUT2D eigenvalue weighted by Crippen LogP contribution is 2.24. The van der Waals surface area contributed by atoms with Crippen molar-refractivity contribution in [2.75, 3.05) is 18.9 Å². The van der Waals surface area contributed by atoms with Crippen LogP contribution in [0.5, 0.6) is 5.88 Å². The fourth-order valence-corrected chi connectivity index (χ4v) is 3.33. The van der Waals surface area contributed by atoms with Gasteiger partial charge in [-0.25, -0.2) is 15.0 Å². The number of rotatable bonds is 5.